The smallest absolute Gasteiger partial charge is 0.224 e. The lowest BCUT2D eigenvalue weighted by molar-refractivity contribution is -0.131. The first-order valence-corrected chi connectivity index (χ1v) is 10.9. The zero-order valence-corrected chi connectivity index (χ0v) is 18.4. The first-order valence-electron chi connectivity index (χ1n) is 10.6. The Balaban J connectivity index is 1.53. The highest BCUT2D eigenvalue weighted by Gasteiger charge is 2.55. The summed E-state index contributed by atoms with van der Waals surface area (Å²) in [6.45, 7) is 2.52. The summed E-state index contributed by atoms with van der Waals surface area (Å²) in [4.78, 5) is 33.9. The molecule has 32 heavy (non-hydrogen) atoms. The van der Waals surface area contributed by atoms with Crippen LogP contribution in [0.2, 0.25) is 5.28 Å². The minimum absolute atomic E-state index is 0.0355. The number of amides is 2. The molecule has 2 fully saturated rings. The van der Waals surface area contributed by atoms with Crippen molar-refractivity contribution in [3.8, 4) is 0 Å². The number of benzene rings is 1. The highest BCUT2D eigenvalue weighted by atomic mass is 35.5. The number of anilines is 2. The molecular weight excluding hydrogens is 435 g/mol. The van der Waals surface area contributed by atoms with Gasteiger partial charge in [0.15, 0.2) is 11.6 Å². The molecule has 2 amide bonds. The summed E-state index contributed by atoms with van der Waals surface area (Å²) in [5, 5.41) is 2.98. The fourth-order valence-corrected chi connectivity index (χ4v) is 5.55. The number of halogens is 2. The molecule has 4 rings (SSSR count). The summed E-state index contributed by atoms with van der Waals surface area (Å²) < 4.78 is 14.3. The number of nitrogens with one attached hydrogen (secondary N) is 1. The Kier molecular flexibility index (Phi) is 6.19. The van der Waals surface area contributed by atoms with E-state index in [1.165, 1.54) is 0 Å². The summed E-state index contributed by atoms with van der Waals surface area (Å²) in [5.74, 6) is -1.35. The van der Waals surface area contributed by atoms with Gasteiger partial charge in [-0.3, -0.25) is 9.59 Å². The molecule has 170 valence electrons. The lowest BCUT2D eigenvalue weighted by Gasteiger charge is -2.37. The number of hydrogen-bond donors (Lipinski definition) is 3. The van der Waals surface area contributed by atoms with Gasteiger partial charge in [0.05, 0.1) is 12.1 Å². The molecule has 1 aromatic carbocycles. The van der Waals surface area contributed by atoms with Gasteiger partial charge in [0.2, 0.25) is 17.1 Å². The van der Waals surface area contributed by atoms with E-state index in [9.17, 15) is 14.0 Å². The van der Waals surface area contributed by atoms with Crippen LogP contribution in [0.3, 0.4) is 0 Å². The third-order valence-electron chi connectivity index (χ3n) is 6.71. The largest absolute Gasteiger partial charge is 0.399 e. The Morgan fingerprint density at radius 2 is 2.12 bits per heavy atom. The topological polar surface area (TPSA) is 127 Å². The summed E-state index contributed by atoms with van der Waals surface area (Å²) >= 11 is 5.83. The average molecular weight is 461 g/mol. The Hall–Kier alpha value is -2.94. The van der Waals surface area contributed by atoms with Gasteiger partial charge in [-0.2, -0.15) is 4.98 Å². The third kappa shape index (κ3) is 4.48. The zero-order chi connectivity index (χ0) is 23.0. The second-order valence-corrected chi connectivity index (χ2v) is 9.07. The van der Waals surface area contributed by atoms with Crippen molar-refractivity contribution in [1.82, 2.24) is 14.9 Å². The predicted molar refractivity (Wildman–Crippen MR) is 119 cm³/mol. The van der Waals surface area contributed by atoms with Gasteiger partial charge in [0, 0.05) is 31.7 Å². The summed E-state index contributed by atoms with van der Waals surface area (Å²) in [6, 6.07) is 7.06. The SMILES string of the molecule is CC(=O)N(Cc1cccc(N)c1)C[C@@H]1C[C@H]2C[C@H]1[C@@H](Nc1nc(Cl)ncc1F)[C@H]2C(N)=O. The number of primary amides is 1. The average Bonchev–Trinajstić information content (AvgIpc) is 3.28. The van der Waals surface area contributed by atoms with Crippen molar-refractivity contribution in [1.29, 1.82) is 0 Å². The van der Waals surface area contributed by atoms with Crippen molar-refractivity contribution < 1.29 is 14.0 Å². The maximum atomic E-state index is 14.3. The molecule has 2 aliphatic rings. The molecule has 10 heteroatoms. The first-order chi connectivity index (χ1) is 15.2. The molecule has 5 atom stereocenters. The highest BCUT2D eigenvalue weighted by Crippen LogP contribution is 2.53. The van der Waals surface area contributed by atoms with Gasteiger partial charge in [0.25, 0.3) is 0 Å². The van der Waals surface area contributed by atoms with E-state index in [2.05, 4.69) is 15.3 Å². The van der Waals surface area contributed by atoms with Gasteiger partial charge in [-0.05, 0) is 59.9 Å². The lowest BCUT2D eigenvalue weighted by atomic mass is 9.77. The van der Waals surface area contributed by atoms with E-state index in [1.54, 1.807) is 17.9 Å². The predicted octanol–water partition coefficient (Wildman–Crippen LogP) is 2.44. The Labute approximate surface area is 190 Å². The number of nitrogen functional groups attached to an aromatic ring is 1. The summed E-state index contributed by atoms with van der Waals surface area (Å²) in [7, 11) is 0. The van der Waals surface area contributed by atoms with Gasteiger partial charge in [-0.25, -0.2) is 9.37 Å². The van der Waals surface area contributed by atoms with Crippen LogP contribution in [0.4, 0.5) is 15.9 Å². The van der Waals surface area contributed by atoms with Crippen LogP contribution in [0.15, 0.2) is 30.5 Å². The van der Waals surface area contributed by atoms with Crippen LogP contribution in [0.5, 0.6) is 0 Å². The van der Waals surface area contributed by atoms with Crippen molar-refractivity contribution in [3.05, 3.63) is 47.1 Å². The molecular formula is C22H26ClFN6O2. The van der Waals surface area contributed by atoms with Crippen LogP contribution in [-0.2, 0) is 16.1 Å². The fourth-order valence-electron chi connectivity index (χ4n) is 5.41. The van der Waals surface area contributed by atoms with E-state index in [0.29, 0.717) is 18.8 Å². The van der Waals surface area contributed by atoms with Crippen molar-refractivity contribution >= 4 is 34.9 Å². The molecule has 1 heterocycles. The van der Waals surface area contributed by atoms with Gasteiger partial charge in [0.1, 0.15) is 0 Å². The van der Waals surface area contributed by atoms with E-state index in [4.69, 9.17) is 23.1 Å². The van der Waals surface area contributed by atoms with E-state index < -0.39 is 23.7 Å². The minimum Gasteiger partial charge on any atom is -0.399 e. The third-order valence-corrected chi connectivity index (χ3v) is 6.90. The Morgan fingerprint density at radius 3 is 2.81 bits per heavy atom. The van der Waals surface area contributed by atoms with Crippen LogP contribution in [0.25, 0.3) is 0 Å². The van der Waals surface area contributed by atoms with Gasteiger partial charge in [-0.15, -0.1) is 0 Å². The number of nitrogens with zero attached hydrogens (tertiary/aromatic N) is 3. The van der Waals surface area contributed by atoms with Crippen molar-refractivity contribution in [2.45, 2.75) is 32.4 Å². The van der Waals surface area contributed by atoms with Crippen LogP contribution >= 0.6 is 11.6 Å². The number of carbonyl (C=O) groups excluding carboxylic acids is 2. The monoisotopic (exact) mass is 460 g/mol. The molecule has 0 unspecified atom stereocenters. The van der Waals surface area contributed by atoms with Crippen LogP contribution in [0.1, 0.15) is 25.3 Å². The van der Waals surface area contributed by atoms with Gasteiger partial charge < -0.3 is 21.7 Å². The molecule has 8 nitrogen and oxygen atoms in total. The lowest BCUT2D eigenvalue weighted by Crippen LogP contribution is -2.47. The molecule has 1 aromatic heterocycles. The maximum absolute atomic E-state index is 14.3. The normalized spacial score (nSPS) is 26.2. The second-order valence-electron chi connectivity index (χ2n) is 8.73. The van der Waals surface area contributed by atoms with Crippen molar-refractivity contribution in [2.75, 3.05) is 17.6 Å². The summed E-state index contributed by atoms with van der Waals surface area (Å²) in [6.07, 6.45) is 2.55. The zero-order valence-electron chi connectivity index (χ0n) is 17.7. The molecule has 2 aromatic rings. The summed E-state index contributed by atoms with van der Waals surface area (Å²) in [5.41, 5.74) is 13.2. The van der Waals surface area contributed by atoms with E-state index in [-0.39, 0.29) is 34.8 Å². The Bertz CT molecular complexity index is 1040. The van der Waals surface area contributed by atoms with Gasteiger partial charge in [-0.1, -0.05) is 12.1 Å². The number of rotatable bonds is 7. The molecule has 5 N–H and O–H groups in total. The highest BCUT2D eigenvalue weighted by molar-refractivity contribution is 6.28. The molecule has 2 saturated carbocycles. The molecule has 0 aliphatic heterocycles. The van der Waals surface area contributed by atoms with Crippen LogP contribution in [-0.4, -0.2) is 39.3 Å². The molecule has 0 spiro atoms. The fraction of sp³-hybridized carbons (Fsp3) is 0.455. The first kappa shape index (κ1) is 22.3. The Morgan fingerprint density at radius 1 is 1.34 bits per heavy atom. The maximum Gasteiger partial charge on any atom is 0.224 e. The van der Waals surface area contributed by atoms with E-state index in [0.717, 1.165) is 24.6 Å². The number of carbonyl (C=O) groups is 2. The number of nitrogens with two attached hydrogens (primary N) is 2. The standard InChI is InChI=1S/C22H26ClFN6O2/c1-11(31)30(9-12-3-2-4-15(25)5-12)10-14-6-13-7-16(14)19(18(13)20(26)32)28-21-17(24)8-27-22(23)29-21/h2-5,8,13-14,16,18-19H,6-7,9-10,25H2,1H3,(H2,26,32)(H,27,28,29)/t13-,14-,16+,18-,19+/m0/s1. The van der Waals surface area contributed by atoms with E-state index in [1.807, 2.05) is 18.2 Å². The number of hydrogen-bond acceptors (Lipinski definition) is 6. The van der Waals surface area contributed by atoms with Crippen LogP contribution < -0.4 is 16.8 Å². The molecule has 2 bridgehead atoms. The minimum atomic E-state index is -0.649. The van der Waals surface area contributed by atoms with Crippen molar-refractivity contribution in [2.24, 2.45) is 29.4 Å². The van der Waals surface area contributed by atoms with E-state index >= 15 is 0 Å². The second kappa shape index (κ2) is 8.90. The van der Waals surface area contributed by atoms with Crippen molar-refractivity contribution in [3.63, 3.8) is 0 Å². The van der Waals surface area contributed by atoms with Crippen LogP contribution in [0, 0.1) is 29.5 Å². The molecule has 0 saturated heterocycles. The quantitative estimate of drug-likeness (QED) is 0.430. The van der Waals surface area contributed by atoms with Gasteiger partial charge >= 0.3 is 0 Å². The number of aromatic nitrogens is 2. The molecule has 2 aliphatic carbocycles. The molecule has 0 radical (unpaired) electrons. The number of fused-ring (bicyclic) bond motifs is 2.